The van der Waals surface area contributed by atoms with Crippen molar-refractivity contribution in [1.29, 1.82) is 0 Å². The number of para-hydroxylation sites is 1. The molecule has 5 rings (SSSR count). The molecule has 7 heteroatoms. The predicted octanol–water partition coefficient (Wildman–Crippen LogP) is 6.11. The SMILES string of the molecule is COC(=O)NC1CCN(c2ccc(NC(=O)c3ccccc3N3CCC(CCCc4ccccc4)CC3)cc2)C1. The van der Waals surface area contributed by atoms with E-state index in [1.165, 1.54) is 38.4 Å². The van der Waals surface area contributed by atoms with Gasteiger partial charge in [-0.1, -0.05) is 42.5 Å². The molecule has 0 aromatic heterocycles. The molecule has 1 unspecified atom stereocenters. The minimum atomic E-state index is -0.395. The number of hydrogen-bond acceptors (Lipinski definition) is 5. The first kappa shape index (κ1) is 27.6. The molecule has 2 aliphatic heterocycles. The van der Waals surface area contributed by atoms with Gasteiger partial charge in [0.15, 0.2) is 0 Å². The van der Waals surface area contributed by atoms with Crippen molar-refractivity contribution in [3.63, 3.8) is 0 Å². The summed E-state index contributed by atoms with van der Waals surface area (Å²) in [6, 6.07) is 26.7. The van der Waals surface area contributed by atoms with Crippen molar-refractivity contribution in [2.45, 2.75) is 44.6 Å². The second kappa shape index (κ2) is 13.4. The van der Waals surface area contributed by atoms with Crippen molar-refractivity contribution >= 4 is 29.1 Å². The highest BCUT2D eigenvalue weighted by molar-refractivity contribution is 6.08. The molecule has 3 aromatic carbocycles. The molecule has 2 heterocycles. The molecule has 0 aliphatic carbocycles. The van der Waals surface area contributed by atoms with Crippen molar-refractivity contribution in [2.24, 2.45) is 5.92 Å². The standard InChI is InChI=1S/C33H40N4O3/c1-40-33(39)35-28-20-23-37(24-28)29-16-14-27(15-17-29)34-32(38)30-12-5-6-13-31(30)36-21-18-26(19-22-36)11-7-10-25-8-3-2-4-9-25/h2-6,8-9,12-17,26,28H,7,10-11,18-24H2,1H3,(H,34,38)(H,35,39). The van der Waals surface area contributed by atoms with Gasteiger partial charge in [0.25, 0.3) is 5.91 Å². The van der Waals surface area contributed by atoms with Crippen molar-refractivity contribution in [1.82, 2.24) is 5.32 Å². The van der Waals surface area contributed by atoms with Crippen LogP contribution in [0.1, 0.15) is 48.0 Å². The largest absolute Gasteiger partial charge is 0.453 e. The molecule has 2 fully saturated rings. The van der Waals surface area contributed by atoms with Gasteiger partial charge >= 0.3 is 6.09 Å². The van der Waals surface area contributed by atoms with E-state index in [4.69, 9.17) is 4.74 Å². The molecule has 2 saturated heterocycles. The van der Waals surface area contributed by atoms with E-state index in [2.05, 4.69) is 56.8 Å². The number of piperidine rings is 1. The zero-order chi connectivity index (χ0) is 27.7. The number of nitrogens with one attached hydrogen (secondary N) is 2. The Bertz CT molecular complexity index is 1260. The van der Waals surface area contributed by atoms with Crippen LogP contribution < -0.4 is 20.4 Å². The van der Waals surface area contributed by atoms with E-state index in [9.17, 15) is 9.59 Å². The second-order valence-electron chi connectivity index (χ2n) is 10.9. The summed E-state index contributed by atoms with van der Waals surface area (Å²) in [6.45, 7) is 3.56. The predicted molar refractivity (Wildman–Crippen MR) is 161 cm³/mol. The summed E-state index contributed by atoms with van der Waals surface area (Å²) >= 11 is 0. The molecule has 0 radical (unpaired) electrons. The van der Waals surface area contributed by atoms with Gasteiger partial charge in [0.1, 0.15) is 0 Å². The highest BCUT2D eigenvalue weighted by Crippen LogP contribution is 2.30. The number of rotatable bonds is 9. The van der Waals surface area contributed by atoms with Gasteiger partial charge in [-0.15, -0.1) is 0 Å². The first-order valence-electron chi connectivity index (χ1n) is 14.5. The summed E-state index contributed by atoms with van der Waals surface area (Å²) in [4.78, 5) is 29.4. The number of carbonyl (C=O) groups is 2. The maximum absolute atomic E-state index is 13.3. The molecule has 210 valence electrons. The van der Waals surface area contributed by atoms with Crippen molar-refractivity contribution in [3.05, 3.63) is 90.0 Å². The number of benzene rings is 3. The van der Waals surface area contributed by atoms with E-state index < -0.39 is 6.09 Å². The Morgan fingerprint density at radius 3 is 2.30 bits per heavy atom. The number of nitrogens with zero attached hydrogens (tertiary/aromatic N) is 2. The Morgan fingerprint density at radius 1 is 0.850 bits per heavy atom. The van der Waals surface area contributed by atoms with Crippen LogP contribution in [0.5, 0.6) is 0 Å². The number of amides is 2. The lowest BCUT2D eigenvalue weighted by molar-refractivity contribution is 0.102. The summed E-state index contributed by atoms with van der Waals surface area (Å²) < 4.78 is 4.71. The highest BCUT2D eigenvalue weighted by atomic mass is 16.5. The Kier molecular flexibility index (Phi) is 9.22. The van der Waals surface area contributed by atoms with Gasteiger partial charge < -0.3 is 25.2 Å². The minimum Gasteiger partial charge on any atom is -0.453 e. The highest BCUT2D eigenvalue weighted by Gasteiger charge is 2.25. The first-order valence-corrected chi connectivity index (χ1v) is 14.5. The van der Waals surface area contributed by atoms with E-state index in [1.54, 1.807) is 0 Å². The summed E-state index contributed by atoms with van der Waals surface area (Å²) in [5.41, 5.74) is 4.99. The van der Waals surface area contributed by atoms with Crippen LogP contribution in [0.25, 0.3) is 0 Å². The molecule has 1 atom stereocenters. The van der Waals surface area contributed by atoms with Crippen molar-refractivity contribution in [3.8, 4) is 0 Å². The van der Waals surface area contributed by atoms with E-state index in [0.29, 0.717) is 5.56 Å². The molecule has 0 bridgehead atoms. The van der Waals surface area contributed by atoms with Crippen LogP contribution in [-0.2, 0) is 11.2 Å². The Hall–Kier alpha value is -4.00. The number of anilines is 3. The molecule has 0 saturated carbocycles. The number of carbonyl (C=O) groups excluding carboxylic acids is 2. The van der Waals surface area contributed by atoms with E-state index in [1.807, 2.05) is 42.5 Å². The number of methoxy groups -OCH3 is 1. The number of alkyl carbamates (subject to hydrolysis) is 1. The fraction of sp³-hybridized carbons (Fsp3) is 0.394. The van der Waals surface area contributed by atoms with Gasteiger partial charge in [-0.25, -0.2) is 4.79 Å². The van der Waals surface area contributed by atoms with Gasteiger partial charge in [-0.2, -0.15) is 0 Å². The van der Waals surface area contributed by atoms with Gasteiger partial charge in [-0.3, -0.25) is 4.79 Å². The first-order chi connectivity index (χ1) is 19.6. The van der Waals surface area contributed by atoms with E-state index in [0.717, 1.165) is 62.0 Å². The third-order valence-corrected chi connectivity index (χ3v) is 8.21. The fourth-order valence-electron chi connectivity index (χ4n) is 5.94. The van der Waals surface area contributed by atoms with Crippen LogP contribution in [0.15, 0.2) is 78.9 Å². The lowest BCUT2D eigenvalue weighted by atomic mass is 9.90. The molecule has 7 nitrogen and oxygen atoms in total. The van der Waals surface area contributed by atoms with E-state index in [-0.39, 0.29) is 11.9 Å². The lowest BCUT2D eigenvalue weighted by Gasteiger charge is -2.34. The Balaban J connectivity index is 1.12. The summed E-state index contributed by atoms with van der Waals surface area (Å²) in [7, 11) is 1.38. The molecule has 2 amide bonds. The average Bonchev–Trinajstić information content (AvgIpc) is 3.46. The Labute approximate surface area is 237 Å². The molecule has 3 aromatic rings. The van der Waals surface area contributed by atoms with Crippen LogP contribution in [0.2, 0.25) is 0 Å². The third-order valence-electron chi connectivity index (χ3n) is 8.21. The lowest BCUT2D eigenvalue weighted by Crippen LogP contribution is -2.36. The topological polar surface area (TPSA) is 73.9 Å². The molecule has 40 heavy (non-hydrogen) atoms. The normalized spacial score (nSPS) is 17.5. The molecule has 0 spiro atoms. The molecular weight excluding hydrogens is 500 g/mol. The number of hydrogen-bond donors (Lipinski definition) is 2. The minimum absolute atomic E-state index is 0.0719. The second-order valence-corrected chi connectivity index (χ2v) is 10.9. The summed E-state index contributed by atoms with van der Waals surface area (Å²) in [5, 5.41) is 5.96. The smallest absolute Gasteiger partial charge is 0.407 e. The van der Waals surface area contributed by atoms with Crippen molar-refractivity contribution < 1.29 is 14.3 Å². The van der Waals surface area contributed by atoms with Gasteiger partial charge in [0, 0.05) is 43.2 Å². The average molecular weight is 541 g/mol. The summed E-state index contributed by atoms with van der Waals surface area (Å²) in [6.07, 6.45) is 6.45. The number of aryl methyl sites for hydroxylation is 1. The van der Waals surface area contributed by atoms with Crippen LogP contribution >= 0.6 is 0 Å². The van der Waals surface area contributed by atoms with Crippen LogP contribution in [0, 0.1) is 5.92 Å². The zero-order valence-electron chi connectivity index (χ0n) is 23.4. The van der Waals surface area contributed by atoms with Crippen LogP contribution in [0.4, 0.5) is 21.9 Å². The third kappa shape index (κ3) is 7.14. The fourth-order valence-corrected chi connectivity index (χ4v) is 5.94. The summed E-state index contributed by atoms with van der Waals surface area (Å²) in [5.74, 6) is 0.665. The maximum Gasteiger partial charge on any atom is 0.407 e. The quantitative estimate of drug-likeness (QED) is 0.342. The zero-order valence-corrected chi connectivity index (χ0v) is 23.4. The number of ether oxygens (including phenoxy) is 1. The maximum atomic E-state index is 13.3. The van der Waals surface area contributed by atoms with E-state index >= 15 is 0 Å². The molecular formula is C33H40N4O3. The molecule has 2 aliphatic rings. The van der Waals surface area contributed by atoms with Crippen LogP contribution in [-0.4, -0.2) is 51.3 Å². The van der Waals surface area contributed by atoms with Gasteiger partial charge in [0.2, 0.25) is 0 Å². The van der Waals surface area contributed by atoms with Gasteiger partial charge in [-0.05, 0) is 86.4 Å². The van der Waals surface area contributed by atoms with Crippen molar-refractivity contribution in [2.75, 3.05) is 48.4 Å². The van der Waals surface area contributed by atoms with Crippen LogP contribution in [0.3, 0.4) is 0 Å². The molecule has 2 N–H and O–H groups in total. The van der Waals surface area contributed by atoms with Gasteiger partial charge in [0.05, 0.1) is 18.7 Å². The monoisotopic (exact) mass is 540 g/mol. The Morgan fingerprint density at radius 2 is 1.55 bits per heavy atom.